The maximum Gasteiger partial charge on any atom is 0.160 e. The van der Waals surface area contributed by atoms with Gasteiger partial charge in [-0.1, -0.05) is 12.5 Å². The van der Waals surface area contributed by atoms with Crippen LogP contribution in [-0.4, -0.2) is 23.3 Å². The molecule has 4 atom stereocenters. The number of phenolic OH excluding ortho intramolecular Hbond substituents is 2. The average Bonchev–Trinajstić information content (AvgIpc) is 2.44. The lowest BCUT2D eigenvalue weighted by atomic mass is 9.58. The number of piperidine rings is 1. The second-order valence-electron chi connectivity index (χ2n) is 6.50. The minimum atomic E-state index is 0.0355. The van der Waals surface area contributed by atoms with Gasteiger partial charge in [-0.25, -0.2) is 0 Å². The van der Waals surface area contributed by atoms with Crippen LogP contribution in [0.2, 0.25) is 0 Å². The summed E-state index contributed by atoms with van der Waals surface area (Å²) in [6, 6.07) is 3.69. The molecular formula is C16H21NO2. The van der Waals surface area contributed by atoms with Crippen molar-refractivity contribution in [1.82, 2.24) is 5.32 Å². The van der Waals surface area contributed by atoms with Gasteiger partial charge in [-0.3, -0.25) is 0 Å². The Bertz CT molecular complexity index is 512. The third kappa shape index (κ3) is 1.61. The number of phenols is 2. The van der Waals surface area contributed by atoms with Crippen LogP contribution in [0.15, 0.2) is 12.1 Å². The molecule has 3 nitrogen and oxygen atoms in total. The van der Waals surface area contributed by atoms with Crippen LogP contribution in [0.1, 0.15) is 36.3 Å². The first-order valence-electron chi connectivity index (χ1n) is 7.50. The van der Waals surface area contributed by atoms with Crippen LogP contribution < -0.4 is 5.32 Å². The summed E-state index contributed by atoms with van der Waals surface area (Å²) in [5, 5.41) is 23.5. The number of hydrogen-bond acceptors (Lipinski definition) is 3. The molecule has 3 unspecified atom stereocenters. The highest BCUT2D eigenvalue weighted by molar-refractivity contribution is 5.52. The van der Waals surface area contributed by atoms with E-state index in [2.05, 4.69) is 5.32 Å². The van der Waals surface area contributed by atoms with Crippen molar-refractivity contribution < 1.29 is 10.2 Å². The largest absolute Gasteiger partial charge is 0.504 e. The maximum atomic E-state index is 10.2. The molecule has 3 aliphatic rings. The highest BCUT2D eigenvalue weighted by Crippen LogP contribution is 2.53. The van der Waals surface area contributed by atoms with Crippen molar-refractivity contribution in [2.75, 3.05) is 13.1 Å². The van der Waals surface area contributed by atoms with Crippen LogP contribution in [0.25, 0.3) is 0 Å². The van der Waals surface area contributed by atoms with Crippen LogP contribution in [0.4, 0.5) is 0 Å². The first kappa shape index (κ1) is 11.6. The fourth-order valence-electron chi connectivity index (χ4n) is 4.89. The van der Waals surface area contributed by atoms with E-state index in [1.807, 2.05) is 6.07 Å². The SMILES string of the molecule is Oc1ccc2c(c1O)CC1CCCC3CNC[C@@H]2C31. The van der Waals surface area contributed by atoms with Crippen molar-refractivity contribution in [2.24, 2.45) is 17.8 Å². The monoisotopic (exact) mass is 259 g/mol. The fraction of sp³-hybridized carbons (Fsp3) is 0.625. The van der Waals surface area contributed by atoms with Gasteiger partial charge in [-0.2, -0.15) is 0 Å². The number of hydrogen-bond donors (Lipinski definition) is 3. The van der Waals surface area contributed by atoms with Gasteiger partial charge in [0.05, 0.1) is 0 Å². The topological polar surface area (TPSA) is 52.5 Å². The summed E-state index contributed by atoms with van der Waals surface area (Å²) < 4.78 is 0. The molecule has 1 heterocycles. The van der Waals surface area contributed by atoms with Crippen LogP contribution in [0, 0.1) is 17.8 Å². The summed E-state index contributed by atoms with van der Waals surface area (Å²) in [6.07, 6.45) is 4.90. The van der Waals surface area contributed by atoms with E-state index in [1.54, 1.807) is 6.07 Å². The van der Waals surface area contributed by atoms with Gasteiger partial charge in [0.25, 0.3) is 0 Å². The number of aromatic hydroxyl groups is 2. The van der Waals surface area contributed by atoms with E-state index in [0.717, 1.165) is 36.9 Å². The molecule has 1 aromatic rings. The van der Waals surface area contributed by atoms with Crippen molar-refractivity contribution in [2.45, 2.75) is 31.6 Å². The molecule has 0 bridgehead atoms. The van der Waals surface area contributed by atoms with E-state index in [1.165, 1.54) is 24.8 Å². The smallest absolute Gasteiger partial charge is 0.160 e. The van der Waals surface area contributed by atoms with Crippen molar-refractivity contribution in [3.05, 3.63) is 23.3 Å². The van der Waals surface area contributed by atoms with E-state index in [0.29, 0.717) is 11.8 Å². The Morgan fingerprint density at radius 3 is 2.79 bits per heavy atom. The first-order valence-corrected chi connectivity index (χ1v) is 7.50. The quantitative estimate of drug-likeness (QED) is 0.627. The van der Waals surface area contributed by atoms with Gasteiger partial charge >= 0.3 is 0 Å². The van der Waals surface area contributed by atoms with Gasteiger partial charge in [-0.15, -0.1) is 0 Å². The lowest BCUT2D eigenvalue weighted by molar-refractivity contribution is 0.0818. The summed E-state index contributed by atoms with van der Waals surface area (Å²) >= 11 is 0. The van der Waals surface area contributed by atoms with E-state index < -0.39 is 0 Å². The Morgan fingerprint density at radius 2 is 1.89 bits per heavy atom. The molecule has 19 heavy (non-hydrogen) atoms. The van der Waals surface area contributed by atoms with Crippen molar-refractivity contribution in [1.29, 1.82) is 0 Å². The number of nitrogens with one attached hydrogen (secondary N) is 1. The van der Waals surface area contributed by atoms with Gasteiger partial charge in [0.2, 0.25) is 0 Å². The lowest BCUT2D eigenvalue weighted by Crippen LogP contribution is -2.49. The molecule has 4 rings (SSSR count). The van der Waals surface area contributed by atoms with E-state index >= 15 is 0 Å². The molecular weight excluding hydrogens is 238 g/mol. The number of benzene rings is 1. The van der Waals surface area contributed by atoms with Gasteiger partial charge in [0.1, 0.15) is 0 Å². The molecule has 2 aliphatic carbocycles. The standard InChI is InChI=1S/C16H21NO2/c18-14-5-4-11-12(16(14)19)6-9-2-1-3-10-7-17-8-13(11)15(9)10/h4-5,9-10,13,15,17-19H,1-3,6-8H2/t9?,10?,13-,15?/m0/s1. The van der Waals surface area contributed by atoms with Gasteiger partial charge in [0.15, 0.2) is 11.5 Å². The maximum absolute atomic E-state index is 10.2. The van der Waals surface area contributed by atoms with Gasteiger partial charge in [-0.05, 0) is 55.2 Å². The predicted octanol–water partition coefficient (Wildman–Crippen LogP) is 2.37. The van der Waals surface area contributed by atoms with Crippen LogP contribution >= 0.6 is 0 Å². The van der Waals surface area contributed by atoms with Crippen molar-refractivity contribution >= 4 is 0 Å². The Morgan fingerprint density at radius 1 is 1.05 bits per heavy atom. The van der Waals surface area contributed by atoms with Crippen LogP contribution in [0.3, 0.4) is 0 Å². The van der Waals surface area contributed by atoms with Crippen molar-refractivity contribution in [3.8, 4) is 11.5 Å². The third-order valence-corrected chi connectivity index (χ3v) is 5.64. The van der Waals surface area contributed by atoms with E-state index in [9.17, 15) is 10.2 Å². The Kier molecular flexibility index (Phi) is 2.52. The molecule has 2 fully saturated rings. The summed E-state index contributed by atoms with van der Waals surface area (Å²) in [5.74, 6) is 2.98. The first-order chi connectivity index (χ1) is 9.25. The second kappa shape index (κ2) is 4.14. The molecule has 3 N–H and O–H groups in total. The minimum Gasteiger partial charge on any atom is -0.504 e. The molecule has 3 heteroatoms. The second-order valence-corrected chi connectivity index (χ2v) is 6.50. The molecule has 1 aliphatic heterocycles. The number of rotatable bonds is 0. The van der Waals surface area contributed by atoms with Crippen LogP contribution in [0.5, 0.6) is 11.5 Å². The Labute approximate surface area is 113 Å². The van der Waals surface area contributed by atoms with E-state index in [-0.39, 0.29) is 11.5 Å². The molecule has 0 aromatic heterocycles. The number of fused-ring (bicyclic) bond motifs is 2. The minimum absolute atomic E-state index is 0.0355. The average molecular weight is 259 g/mol. The summed E-state index contributed by atoms with van der Waals surface area (Å²) in [7, 11) is 0. The summed E-state index contributed by atoms with van der Waals surface area (Å²) in [5.41, 5.74) is 2.28. The molecule has 102 valence electrons. The molecule has 1 saturated carbocycles. The molecule has 1 aromatic carbocycles. The molecule has 1 saturated heterocycles. The lowest BCUT2D eigenvalue weighted by Gasteiger charge is -2.50. The Balaban J connectivity index is 1.83. The van der Waals surface area contributed by atoms with Gasteiger partial charge < -0.3 is 15.5 Å². The van der Waals surface area contributed by atoms with Crippen LogP contribution in [-0.2, 0) is 6.42 Å². The summed E-state index contributed by atoms with van der Waals surface area (Å²) in [4.78, 5) is 0. The zero-order chi connectivity index (χ0) is 13.0. The molecule has 0 amide bonds. The zero-order valence-electron chi connectivity index (χ0n) is 11.1. The van der Waals surface area contributed by atoms with Crippen molar-refractivity contribution in [3.63, 3.8) is 0 Å². The highest BCUT2D eigenvalue weighted by atomic mass is 16.3. The zero-order valence-corrected chi connectivity index (χ0v) is 11.1. The predicted molar refractivity (Wildman–Crippen MR) is 73.4 cm³/mol. The third-order valence-electron chi connectivity index (χ3n) is 5.64. The van der Waals surface area contributed by atoms with E-state index in [4.69, 9.17) is 0 Å². The highest BCUT2D eigenvalue weighted by Gasteiger charge is 2.45. The normalized spacial score (nSPS) is 36.4. The Hall–Kier alpha value is -1.22. The molecule has 0 radical (unpaired) electrons. The summed E-state index contributed by atoms with van der Waals surface area (Å²) in [6.45, 7) is 2.19. The molecule has 0 spiro atoms. The van der Waals surface area contributed by atoms with Gasteiger partial charge in [0, 0.05) is 18.0 Å². The fourth-order valence-corrected chi connectivity index (χ4v) is 4.89.